The number of phenolic OH excluding ortho intramolecular Hbond substituents is 1. The third-order valence-electron chi connectivity index (χ3n) is 6.17. The molecule has 4 rings (SSSR count). The molecule has 1 amide bonds. The van der Waals surface area contributed by atoms with Gasteiger partial charge in [-0.3, -0.25) is 15.0 Å². The highest BCUT2D eigenvalue weighted by Gasteiger charge is 2.45. The van der Waals surface area contributed by atoms with E-state index < -0.39 is 11.8 Å². The van der Waals surface area contributed by atoms with Gasteiger partial charge in [-0.05, 0) is 42.2 Å². The van der Waals surface area contributed by atoms with Crippen molar-refractivity contribution in [3.63, 3.8) is 0 Å². The van der Waals surface area contributed by atoms with Crippen molar-refractivity contribution >= 4 is 11.7 Å². The number of methoxy groups -OCH3 is 1. The van der Waals surface area contributed by atoms with Crippen LogP contribution >= 0.6 is 0 Å². The van der Waals surface area contributed by atoms with Crippen LogP contribution in [-0.4, -0.2) is 28.9 Å². The minimum atomic E-state index is -0.707. The Labute approximate surface area is 197 Å². The second-order valence-corrected chi connectivity index (χ2v) is 9.21. The number of Topliss-reactive ketones (excluding diaryl/α,β-unsaturated/α-hetero) is 1. The summed E-state index contributed by atoms with van der Waals surface area (Å²) in [5.74, 6) is -0.676. The van der Waals surface area contributed by atoms with Gasteiger partial charge in [0.15, 0.2) is 5.78 Å². The molecule has 174 valence electrons. The number of para-hydroxylation sites is 1. The molecule has 0 aromatic heterocycles. The lowest BCUT2D eigenvalue weighted by atomic mass is 9.69. The van der Waals surface area contributed by atoms with E-state index in [9.17, 15) is 20.0 Å². The van der Waals surface area contributed by atoms with Crippen LogP contribution in [0.15, 0.2) is 71.2 Å². The maximum absolute atomic E-state index is 13.5. The lowest BCUT2D eigenvalue weighted by Gasteiger charge is -2.43. The number of nitriles is 1. The van der Waals surface area contributed by atoms with E-state index in [0.29, 0.717) is 41.0 Å². The molecule has 0 saturated heterocycles. The molecule has 8 nitrogen and oxygen atoms in total. The van der Waals surface area contributed by atoms with Gasteiger partial charge in [0.25, 0.3) is 5.91 Å². The summed E-state index contributed by atoms with van der Waals surface area (Å²) in [6.07, 6.45) is 0.769. The van der Waals surface area contributed by atoms with Gasteiger partial charge in [-0.2, -0.15) is 5.26 Å². The molecule has 34 heavy (non-hydrogen) atoms. The van der Waals surface area contributed by atoms with Crippen LogP contribution in [0.1, 0.15) is 48.5 Å². The summed E-state index contributed by atoms with van der Waals surface area (Å²) in [5, 5.41) is 21.0. The molecule has 2 aromatic carbocycles. The van der Waals surface area contributed by atoms with Gasteiger partial charge in [-0.15, -0.1) is 0 Å². The van der Waals surface area contributed by atoms with Crippen LogP contribution in [0, 0.1) is 16.7 Å². The fourth-order valence-corrected chi connectivity index (χ4v) is 4.63. The molecule has 1 atom stereocenters. The van der Waals surface area contributed by atoms with Crippen LogP contribution in [-0.2, 0) is 4.79 Å². The van der Waals surface area contributed by atoms with Gasteiger partial charge in [0.1, 0.15) is 17.3 Å². The van der Waals surface area contributed by atoms with Gasteiger partial charge in [-0.25, -0.2) is 5.01 Å². The number of aromatic hydroxyl groups is 1. The number of carbonyl (C=O) groups is 2. The summed E-state index contributed by atoms with van der Waals surface area (Å²) < 4.78 is 5.53. The van der Waals surface area contributed by atoms with Crippen LogP contribution in [0.2, 0.25) is 0 Å². The first-order valence-corrected chi connectivity index (χ1v) is 10.9. The topological polar surface area (TPSA) is 129 Å². The maximum Gasteiger partial charge on any atom is 0.270 e. The molecular weight excluding hydrogens is 432 g/mol. The van der Waals surface area contributed by atoms with E-state index in [2.05, 4.69) is 11.5 Å². The van der Waals surface area contributed by atoms with Crippen LogP contribution < -0.4 is 15.9 Å². The molecule has 1 aliphatic heterocycles. The summed E-state index contributed by atoms with van der Waals surface area (Å²) in [6.45, 7) is 3.96. The molecule has 0 fully saturated rings. The Hall–Kier alpha value is -4.25. The van der Waals surface area contributed by atoms with Crippen molar-refractivity contribution < 1.29 is 19.4 Å². The Balaban J connectivity index is 1.88. The van der Waals surface area contributed by atoms with Crippen LogP contribution in [0.5, 0.6) is 11.5 Å². The van der Waals surface area contributed by atoms with E-state index in [1.807, 2.05) is 32.0 Å². The summed E-state index contributed by atoms with van der Waals surface area (Å²) >= 11 is 0. The second-order valence-electron chi connectivity index (χ2n) is 9.21. The largest absolute Gasteiger partial charge is 0.508 e. The smallest absolute Gasteiger partial charge is 0.270 e. The van der Waals surface area contributed by atoms with Gasteiger partial charge in [-0.1, -0.05) is 32.0 Å². The zero-order valence-electron chi connectivity index (χ0n) is 19.3. The lowest BCUT2D eigenvalue weighted by Crippen LogP contribution is -2.49. The first kappa shape index (κ1) is 22.9. The molecule has 0 spiro atoms. The minimum Gasteiger partial charge on any atom is -0.508 e. The van der Waals surface area contributed by atoms with Crippen LogP contribution in [0.4, 0.5) is 0 Å². The van der Waals surface area contributed by atoms with Crippen molar-refractivity contribution in [1.82, 2.24) is 10.4 Å². The average Bonchev–Trinajstić information content (AvgIpc) is 2.80. The summed E-state index contributed by atoms with van der Waals surface area (Å²) in [7, 11) is 1.53. The number of nitrogens with zero attached hydrogens (tertiary/aromatic N) is 2. The number of rotatable bonds is 4. The number of ether oxygens (including phenoxy) is 1. The summed E-state index contributed by atoms with van der Waals surface area (Å²) in [6, 6.07) is 15.1. The first-order valence-electron chi connectivity index (χ1n) is 10.9. The SMILES string of the molecule is COc1ccccc1C1C(C#N)=C(N)N(NC(=O)c2ccc(O)cc2)C2=C1C(=O)CC(C)(C)C2. The standard InChI is InChI=1S/C26H26N4O4/c1-26(2)12-19-23(20(32)13-26)22(17-6-4-5-7-21(17)34-3)18(14-27)24(28)30(19)29-25(33)15-8-10-16(31)11-9-15/h4-11,22,31H,12-13,28H2,1-3H3,(H,29,33). The van der Waals surface area contributed by atoms with Crippen molar-refractivity contribution in [1.29, 1.82) is 5.26 Å². The highest BCUT2D eigenvalue weighted by atomic mass is 16.5. The Morgan fingerprint density at radius 1 is 1.21 bits per heavy atom. The van der Waals surface area contributed by atoms with Crippen molar-refractivity contribution in [2.75, 3.05) is 7.11 Å². The lowest BCUT2D eigenvalue weighted by molar-refractivity contribution is -0.118. The van der Waals surface area contributed by atoms with Crippen molar-refractivity contribution in [2.45, 2.75) is 32.6 Å². The van der Waals surface area contributed by atoms with Gasteiger partial charge in [0.2, 0.25) is 0 Å². The van der Waals surface area contributed by atoms with Crippen molar-refractivity contribution in [2.24, 2.45) is 11.1 Å². The van der Waals surface area contributed by atoms with Gasteiger partial charge >= 0.3 is 0 Å². The number of nitrogens with one attached hydrogen (secondary N) is 1. The molecule has 8 heteroatoms. The summed E-state index contributed by atoms with van der Waals surface area (Å²) in [5.41, 5.74) is 11.0. The molecule has 0 bridgehead atoms. The predicted octanol–water partition coefficient (Wildman–Crippen LogP) is 3.48. The second kappa shape index (κ2) is 8.60. The molecule has 1 heterocycles. The number of amides is 1. The highest BCUT2D eigenvalue weighted by Crippen LogP contribution is 2.49. The number of benzene rings is 2. The number of phenols is 1. The molecule has 4 N–H and O–H groups in total. The zero-order chi connectivity index (χ0) is 24.6. The fourth-order valence-electron chi connectivity index (χ4n) is 4.63. The molecule has 2 aliphatic rings. The molecule has 0 radical (unpaired) electrons. The number of hydrogen-bond donors (Lipinski definition) is 3. The van der Waals surface area contributed by atoms with E-state index in [-0.39, 0.29) is 28.3 Å². The molecule has 2 aromatic rings. The molecular formula is C26H26N4O4. The molecule has 1 unspecified atom stereocenters. The fraction of sp³-hybridized carbons (Fsp3) is 0.269. The average molecular weight is 459 g/mol. The Morgan fingerprint density at radius 3 is 2.53 bits per heavy atom. The third-order valence-corrected chi connectivity index (χ3v) is 6.17. The number of hydrazine groups is 1. The number of nitrogens with two attached hydrogens (primary N) is 1. The van der Waals surface area contributed by atoms with E-state index in [4.69, 9.17) is 10.5 Å². The summed E-state index contributed by atoms with van der Waals surface area (Å²) in [4.78, 5) is 26.5. The van der Waals surface area contributed by atoms with Crippen LogP contribution in [0.3, 0.4) is 0 Å². The van der Waals surface area contributed by atoms with E-state index >= 15 is 0 Å². The predicted molar refractivity (Wildman–Crippen MR) is 125 cm³/mol. The van der Waals surface area contributed by atoms with Crippen molar-refractivity contribution in [3.05, 3.63) is 82.3 Å². The monoisotopic (exact) mass is 458 g/mol. The van der Waals surface area contributed by atoms with E-state index in [0.717, 1.165) is 0 Å². The number of allylic oxidation sites excluding steroid dienone is 3. The van der Waals surface area contributed by atoms with E-state index in [1.165, 1.54) is 36.4 Å². The molecule has 0 saturated carbocycles. The Morgan fingerprint density at radius 2 is 1.88 bits per heavy atom. The van der Waals surface area contributed by atoms with Gasteiger partial charge < -0.3 is 15.6 Å². The maximum atomic E-state index is 13.5. The quantitative estimate of drug-likeness (QED) is 0.640. The van der Waals surface area contributed by atoms with Crippen molar-refractivity contribution in [3.8, 4) is 17.6 Å². The van der Waals surface area contributed by atoms with E-state index in [1.54, 1.807) is 6.07 Å². The third kappa shape index (κ3) is 3.97. The first-order chi connectivity index (χ1) is 16.2. The Kier molecular flexibility index (Phi) is 5.80. The normalized spacial score (nSPS) is 19.4. The molecule has 1 aliphatic carbocycles. The minimum absolute atomic E-state index is 0.0324. The zero-order valence-corrected chi connectivity index (χ0v) is 19.3. The van der Waals surface area contributed by atoms with Gasteiger partial charge in [0, 0.05) is 23.1 Å². The van der Waals surface area contributed by atoms with Gasteiger partial charge in [0.05, 0.1) is 30.4 Å². The van der Waals surface area contributed by atoms with Crippen LogP contribution in [0.25, 0.3) is 0 Å². The highest BCUT2D eigenvalue weighted by molar-refractivity contribution is 6.01. The number of hydrogen-bond acceptors (Lipinski definition) is 7. The Bertz CT molecular complexity index is 1270. The number of carbonyl (C=O) groups excluding carboxylic acids is 2. The number of ketones is 1.